The molecular formula is C24H31N3O5S. The molecule has 3 N–H and O–H groups in total. The van der Waals surface area contributed by atoms with Gasteiger partial charge >= 0.3 is 0 Å². The van der Waals surface area contributed by atoms with E-state index in [1.54, 1.807) is 36.4 Å². The van der Waals surface area contributed by atoms with Gasteiger partial charge in [-0.05, 0) is 74.2 Å². The van der Waals surface area contributed by atoms with Gasteiger partial charge in [0.05, 0.1) is 11.0 Å². The molecule has 0 spiro atoms. The summed E-state index contributed by atoms with van der Waals surface area (Å²) in [5, 5.41) is 5.62. The number of anilines is 2. The van der Waals surface area contributed by atoms with Crippen molar-refractivity contribution in [2.45, 2.75) is 50.5 Å². The van der Waals surface area contributed by atoms with Crippen molar-refractivity contribution >= 4 is 33.2 Å². The molecule has 2 amide bonds. The molecule has 1 heterocycles. The van der Waals surface area contributed by atoms with E-state index in [0.717, 1.165) is 25.7 Å². The van der Waals surface area contributed by atoms with Crippen molar-refractivity contribution in [3.8, 4) is 0 Å². The molecule has 1 aliphatic rings. The Balaban J connectivity index is 1.56. The fourth-order valence-corrected chi connectivity index (χ4v) is 4.69. The number of nitrogens with one attached hydrogen (secondary N) is 3. The number of ether oxygens (including phenoxy) is 1. The summed E-state index contributed by atoms with van der Waals surface area (Å²) in [7, 11) is -3.65. The van der Waals surface area contributed by atoms with E-state index < -0.39 is 10.0 Å². The van der Waals surface area contributed by atoms with E-state index in [1.807, 2.05) is 13.8 Å². The Morgan fingerprint density at radius 2 is 1.58 bits per heavy atom. The maximum atomic E-state index is 12.5. The predicted molar refractivity (Wildman–Crippen MR) is 128 cm³/mol. The van der Waals surface area contributed by atoms with E-state index in [9.17, 15) is 18.0 Å². The molecule has 8 nitrogen and oxygen atoms in total. The highest BCUT2D eigenvalue weighted by Gasteiger charge is 2.20. The molecule has 0 aliphatic carbocycles. The highest BCUT2D eigenvalue weighted by Crippen LogP contribution is 2.18. The molecule has 0 radical (unpaired) electrons. The molecule has 1 saturated heterocycles. The van der Waals surface area contributed by atoms with Crippen molar-refractivity contribution < 1.29 is 22.7 Å². The molecule has 178 valence electrons. The van der Waals surface area contributed by atoms with Crippen LogP contribution in [0, 0.1) is 5.92 Å². The molecule has 2 aromatic carbocycles. The van der Waals surface area contributed by atoms with Crippen LogP contribution in [0.3, 0.4) is 0 Å². The van der Waals surface area contributed by atoms with Crippen molar-refractivity contribution in [2.24, 2.45) is 5.92 Å². The zero-order valence-corrected chi connectivity index (χ0v) is 19.8. The van der Waals surface area contributed by atoms with Crippen LogP contribution in [0.25, 0.3) is 0 Å². The average molecular weight is 474 g/mol. The van der Waals surface area contributed by atoms with Gasteiger partial charge in [0.25, 0.3) is 5.91 Å². The first-order valence-electron chi connectivity index (χ1n) is 11.3. The van der Waals surface area contributed by atoms with Crippen LogP contribution in [0.1, 0.15) is 49.9 Å². The van der Waals surface area contributed by atoms with Crippen LogP contribution >= 0.6 is 0 Å². The topological polar surface area (TPSA) is 114 Å². The van der Waals surface area contributed by atoms with E-state index in [0.29, 0.717) is 23.5 Å². The molecule has 1 aliphatic heterocycles. The van der Waals surface area contributed by atoms with Gasteiger partial charge in [-0.1, -0.05) is 13.8 Å². The van der Waals surface area contributed by atoms with Crippen LogP contribution in [-0.4, -0.2) is 39.5 Å². The van der Waals surface area contributed by atoms with Gasteiger partial charge in [-0.25, -0.2) is 13.1 Å². The quantitative estimate of drug-likeness (QED) is 0.486. The molecule has 33 heavy (non-hydrogen) atoms. The van der Waals surface area contributed by atoms with Crippen molar-refractivity contribution in [3.05, 3.63) is 54.1 Å². The van der Waals surface area contributed by atoms with Crippen molar-refractivity contribution in [2.75, 3.05) is 23.8 Å². The van der Waals surface area contributed by atoms with E-state index in [4.69, 9.17) is 4.74 Å². The summed E-state index contributed by atoms with van der Waals surface area (Å²) in [6, 6.07) is 12.6. The van der Waals surface area contributed by atoms with Gasteiger partial charge in [0.15, 0.2) is 0 Å². The standard InChI is InChI=1S/C24H31N3O5S/c1-3-17(4-2)23(28)26-19-9-7-18(8-10-19)24(29)27-20-11-13-22(14-12-20)33(30,31)25-16-21-6-5-15-32-21/h7-14,17,21,25H,3-6,15-16H2,1-2H3,(H,26,28)(H,27,29). The van der Waals surface area contributed by atoms with Crippen LogP contribution in [0.2, 0.25) is 0 Å². The van der Waals surface area contributed by atoms with Crippen LogP contribution in [0.4, 0.5) is 11.4 Å². The number of amides is 2. The first-order valence-corrected chi connectivity index (χ1v) is 12.7. The lowest BCUT2D eigenvalue weighted by Crippen LogP contribution is -2.31. The van der Waals surface area contributed by atoms with Gasteiger partial charge in [-0.15, -0.1) is 0 Å². The lowest BCUT2D eigenvalue weighted by atomic mass is 10.0. The zero-order valence-electron chi connectivity index (χ0n) is 19.0. The third-order valence-corrected chi connectivity index (χ3v) is 7.16. The molecule has 3 rings (SSSR count). The maximum absolute atomic E-state index is 12.5. The molecule has 1 unspecified atom stereocenters. The Labute approximate surface area is 195 Å². The second-order valence-electron chi connectivity index (χ2n) is 8.05. The first-order chi connectivity index (χ1) is 15.8. The summed E-state index contributed by atoms with van der Waals surface area (Å²) in [6.45, 7) is 4.86. The second-order valence-corrected chi connectivity index (χ2v) is 9.81. The third-order valence-electron chi connectivity index (χ3n) is 5.72. The summed E-state index contributed by atoms with van der Waals surface area (Å²) >= 11 is 0. The summed E-state index contributed by atoms with van der Waals surface area (Å²) in [5.74, 6) is -0.400. The van der Waals surface area contributed by atoms with Gasteiger partial charge in [0.1, 0.15) is 0 Å². The predicted octanol–water partition coefficient (Wildman–Crippen LogP) is 3.77. The fourth-order valence-electron chi connectivity index (χ4n) is 3.62. The van der Waals surface area contributed by atoms with Crippen LogP contribution in [0.15, 0.2) is 53.4 Å². The van der Waals surface area contributed by atoms with Crippen molar-refractivity contribution in [3.63, 3.8) is 0 Å². The molecule has 2 aromatic rings. The average Bonchev–Trinajstić information content (AvgIpc) is 3.33. The van der Waals surface area contributed by atoms with Gasteiger partial charge in [0, 0.05) is 36.0 Å². The highest BCUT2D eigenvalue weighted by atomic mass is 32.2. The molecular weight excluding hydrogens is 442 g/mol. The Hall–Kier alpha value is -2.75. The van der Waals surface area contributed by atoms with E-state index in [-0.39, 0.29) is 35.3 Å². The largest absolute Gasteiger partial charge is 0.377 e. The number of carbonyl (C=O) groups excluding carboxylic acids is 2. The van der Waals surface area contributed by atoms with Crippen LogP contribution in [0.5, 0.6) is 0 Å². The smallest absolute Gasteiger partial charge is 0.255 e. The number of benzene rings is 2. The lowest BCUT2D eigenvalue weighted by Gasteiger charge is -2.13. The fraction of sp³-hybridized carbons (Fsp3) is 0.417. The number of hydrogen-bond donors (Lipinski definition) is 3. The Kier molecular flexibility index (Phi) is 8.60. The molecule has 0 bridgehead atoms. The van der Waals surface area contributed by atoms with Crippen molar-refractivity contribution in [1.82, 2.24) is 4.72 Å². The minimum absolute atomic E-state index is 0.0301. The van der Waals surface area contributed by atoms with E-state index in [2.05, 4.69) is 15.4 Å². The van der Waals surface area contributed by atoms with E-state index in [1.165, 1.54) is 12.1 Å². The summed E-state index contributed by atoms with van der Waals surface area (Å²) < 4.78 is 32.9. The second kappa shape index (κ2) is 11.4. The minimum atomic E-state index is -3.65. The number of carbonyl (C=O) groups is 2. The summed E-state index contributed by atoms with van der Waals surface area (Å²) in [6.07, 6.45) is 3.24. The van der Waals surface area contributed by atoms with Gasteiger partial charge < -0.3 is 15.4 Å². The van der Waals surface area contributed by atoms with Crippen LogP contribution < -0.4 is 15.4 Å². The SMILES string of the molecule is CCC(CC)C(=O)Nc1ccc(C(=O)Nc2ccc(S(=O)(=O)NCC3CCCO3)cc2)cc1. The number of rotatable bonds is 10. The lowest BCUT2D eigenvalue weighted by molar-refractivity contribution is -0.120. The highest BCUT2D eigenvalue weighted by molar-refractivity contribution is 7.89. The minimum Gasteiger partial charge on any atom is -0.377 e. The van der Waals surface area contributed by atoms with Gasteiger partial charge in [-0.3, -0.25) is 9.59 Å². The van der Waals surface area contributed by atoms with Crippen LogP contribution in [-0.2, 0) is 19.6 Å². The van der Waals surface area contributed by atoms with Crippen molar-refractivity contribution in [1.29, 1.82) is 0 Å². The maximum Gasteiger partial charge on any atom is 0.255 e. The summed E-state index contributed by atoms with van der Waals surface area (Å²) in [4.78, 5) is 24.9. The molecule has 1 atom stereocenters. The van der Waals surface area contributed by atoms with E-state index >= 15 is 0 Å². The number of hydrogen-bond acceptors (Lipinski definition) is 5. The third kappa shape index (κ3) is 6.86. The first kappa shape index (κ1) is 24.9. The number of sulfonamides is 1. The Morgan fingerprint density at radius 1 is 0.970 bits per heavy atom. The zero-order chi connectivity index (χ0) is 23.8. The molecule has 0 aromatic heterocycles. The van der Waals surface area contributed by atoms with Gasteiger partial charge in [-0.2, -0.15) is 0 Å². The molecule has 0 saturated carbocycles. The molecule has 1 fully saturated rings. The normalized spacial score (nSPS) is 16.0. The Morgan fingerprint density at radius 3 is 2.15 bits per heavy atom. The van der Waals surface area contributed by atoms with Gasteiger partial charge in [0.2, 0.25) is 15.9 Å². The summed E-state index contributed by atoms with van der Waals surface area (Å²) in [5.41, 5.74) is 1.53. The molecule has 9 heteroatoms. The Bertz CT molecular complexity index is 1040. The monoisotopic (exact) mass is 473 g/mol.